The van der Waals surface area contributed by atoms with Gasteiger partial charge >= 0.3 is 11.4 Å². The molecule has 1 unspecified atom stereocenters. The molecule has 1 aliphatic heterocycles. The van der Waals surface area contributed by atoms with Crippen molar-refractivity contribution in [3.05, 3.63) is 37.9 Å². The molecular formula is C13H14N4O4. The minimum atomic E-state index is -0.662. The van der Waals surface area contributed by atoms with Gasteiger partial charge in [-0.05, 0) is 26.2 Å². The molecule has 1 aromatic carbocycles. The molecule has 1 atom stereocenters. The highest BCUT2D eigenvalue weighted by Gasteiger charge is 2.34. The van der Waals surface area contributed by atoms with Crippen LogP contribution in [-0.2, 0) is 0 Å². The van der Waals surface area contributed by atoms with Crippen molar-refractivity contribution >= 4 is 17.1 Å². The summed E-state index contributed by atoms with van der Waals surface area (Å²) in [6.45, 7) is 2.43. The molecular weight excluding hydrogens is 276 g/mol. The third kappa shape index (κ3) is 2.76. The number of nitriles is 1. The third-order valence-electron chi connectivity index (χ3n) is 3.68. The molecule has 110 valence electrons. The highest BCUT2D eigenvalue weighted by Crippen LogP contribution is 2.41. The van der Waals surface area contributed by atoms with Crippen LogP contribution in [0.3, 0.4) is 0 Å². The molecule has 0 spiro atoms. The van der Waals surface area contributed by atoms with Gasteiger partial charge in [0.25, 0.3) is 0 Å². The fraction of sp³-hybridized carbons (Fsp3) is 0.462. The normalized spacial score (nSPS) is 18.1. The molecule has 0 amide bonds. The second-order valence-corrected chi connectivity index (χ2v) is 5.03. The highest BCUT2D eigenvalue weighted by molar-refractivity contribution is 5.77. The summed E-state index contributed by atoms with van der Waals surface area (Å²) in [5, 5.41) is 31.4. The molecule has 0 radical (unpaired) electrons. The Balaban J connectivity index is 2.68. The number of nitro groups is 2. The molecule has 1 aliphatic rings. The minimum absolute atomic E-state index is 0.0101. The van der Waals surface area contributed by atoms with Crippen molar-refractivity contribution in [3.63, 3.8) is 0 Å². The number of hydrogen-bond donors (Lipinski definition) is 0. The lowest BCUT2D eigenvalue weighted by Gasteiger charge is -2.34. The lowest BCUT2D eigenvalue weighted by atomic mass is 10.0. The molecule has 0 N–H and O–H groups in total. The van der Waals surface area contributed by atoms with Crippen LogP contribution in [-0.4, -0.2) is 22.4 Å². The van der Waals surface area contributed by atoms with Gasteiger partial charge in [0.05, 0.1) is 21.5 Å². The summed E-state index contributed by atoms with van der Waals surface area (Å²) in [6, 6.07) is 3.92. The highest BCUT2D eigenvalue weighted by atomic mass is 16.6. The van der Waals surface area contributed by atoms with Crippen LogP contribution in [0.1, 0.15) is 31.7 Å². The predicted molar refractivity (Wildman–Crippen MR) is 75.1 cm³/mol. The number of piperidine rings is 1. The van der Waals surface area contributed by atoms with Crippen molar-refractivity contribution in [2.75, 3.05) is 11.4 Å². The standard InChI is InChI=1S/C13H14N4O4/c1-9-4-2-3-5-15(9)13-11(16(18)19)6-10(8-14)7-12(13)17(20)21/h6-7,9H,2-5H2,1H3. The van der Waals surface area contributed by atoms with Crippen LogP contribution in [0, 0.1) is 31.6 Å². The molecule has 0 saturated carbocycles. The monoisotopic (exact) mass is 290 g/mol. The zero-order chi connectivity index (χ0) is 15.6. The molecule has 8 heteroatoms. The smallest absolute Gasteiger partial charge is 0.301 e. The van der Waals surface area contributed by atoms with Gasteiger partial charge in [-0.25, -0.2) is 0 Å². The van der Waals surface area contributed by atoms with E-state index in [9.17, 15) is 20.2 Å². The van der Waals surface area contributed by atoms with Gasteiger partial charge < -0.3 is 4.90 Å². The summed E-state index contributed by atoms with van der Waals surface area (Å²) in [5.41, 5.74) is -0.831. The number of nitro benzene ring substituents is 2. The van der Waals surface area contributed by atoms with Crippen molar-refractivity contribution in [1.29, 1.82) is 5.26 Å². The molecule has 1 saturated heterocycles. The summed E-state index contributed by atoms with van der Waals surface area (Å²) >= 11 is 0. The predicted octanol–water partition coefficient (Wildman–Crippen LogP) is 2.75. The Bertz CT molecular complexity index is 603. The Morgan fingerprint density at radius 2 is 1.81 bits per heavy atom. The fourth-order valence-electron chi connectivity index (χ4n) is 2.67. The summed E-state index contributed by atoms with van der Waals surface area (Å²) in [7, 11) is 0. The topological polar surface area (TPSA) is 113 Å². The Hall–Kier alpha value is -2.69. The van der Waals surface area contributed by atoms with Gasteiger partial charge in [0, 0.05) is 24.7 Å². The van der Waals surface area contributed by atoms with E-state index in [1.54, 1.807) is 11.0 Å². The van der Waals surface area contributed by atoms with Gasteiger partial charge in [-0.2, -0.15) is 5.26 Å². The van der Waals surface area contributed by atoms with E-state index in [0.717, 1.165) is 31.4 Å². The second-order valence-electron chi connectivity index (χ2n) is 5.03. The van der Waals surface area contributed by atoms with E-state index in [0.29, 0.717) is 6.54 Å². The van der Waals surface area contributed by atoms with Crippen molar-refractivity contribution in [3.8, 4) is 6.07 Å². The van der Waals surface area contributed by atoms with E-state index in [2.05, 4.69) is 0 Å². The molecule has 0 aromatic heterocycles. The van der Waals surface area contributed by atoms with E-state index in [-0.39, 0.29) is 28.7 Å². The average molecular weight is 290 g/mol. The SMILES string of the molecule is CC1CCCCN1c1c([N+](=O)[O-])cc(C#N)cc1[N+](=O)[O-]. The molecule has 2 rings (SSSR count). The fourth-order valence-corrected chi connectivity index (χ4v) is 2.67. The largest absolute Gasteiger partial charge is 0.358 e. The number of anilines is 1. The van der Waals surface area contributed by atoms with Crippen molar-refractivity contribution < 1.29 is 9.85 Å². The number of hydrogen-bond acceptors (Lipinski definition) is 6. The zero-order valence-corrected chi connectivity index (χ0v) is 11.5. The van der Waals surface area contributed by atoms with E-state index < -0.39 is 9.85 Å². The maximum absolute atomic E-state index is 11.3. The molecule has 0 aliphatic carbocycles. The Kier molecular flexibility index (Phi) is 4.03. The van der Waals surface area contributed by atoms with E-state index >= 15 is 0 Å². The molecule has 1 aromatic rings. The quantitative estimate of drug-likeness (QED) is 0.624. The van der Waals surface area contributed by atoms with Crippen LogP contribution in [0.4, 0.5) is 17.1 Å². The van der Waals surface area contributed by atoms with Crippen LogP contribution in [0.2, 0.25) is 0 Å². The molecule has 21 heavy (non-hydrogen) atoms. The Labute approximate surface area is 120 Å². The summed E-state index contributed by atoms with van der Waals surface area (Å²) in [5.74, 6) is 0. The molecule has 1 fully saturated rings. The van der Waals surface area contributed by atoms with Crippen LogP contribution in [0.5, 0.6) is 0 Å². The second kappa shape index (κ2) is 5.75. The Morgan fingerprint density at radius 3 is 2.24 bits per heavy atom. The van der Waals surface area contributed by atoms with Gasteiger partial charge in [-0.15, -0.1) is 0 Å². The minimum Gasteiger partial charge on any atom is -0.358 e. The van der Waals surface area contributed by atoms with E-state index in [4.69, 9.17) is 5.26 Å². The third-order valence-corrected chi connectivity index (χ3v) is 3.68. The summed E-state index contributed by atoms with van der Waals surface area (Å²) in [6.07, 6.45) is 2.66. The summed E-state index contributed by atoms with van der Waals surface area (Å²) in [4.78, 5) is 22.9. The van der Waals surface area contributed by atoms with Crippen LogP contribution in [0.25, 0.3) is 0 Å². The number of benzene rings is 1. The van der Waals surface area contributed by atoms with E-state index in [1.165, 1.54) is 0 Å². The van der Waals surface area contributed by atoms with Gasteiger partial charge in [-0.3, -0.25) is 20.2 Å². The maximum Gasteiger partial charge on any atom is 0.301 e. The van der Waals surface area contributed by atoms with Gasteiger partial charge in [0.15, 0.2) is 5.69 Å². The summed E-state index contributed by atoms with van der Waals surface area (Å²) < 4.78 is 0. The first kappa shape index (κ1) is 14.7. The lowest BCUT2D eigenvalue weighted by molar-refractivity contribution is -0.392. The van der Waals surface area contributed by atoms with Gasteiger partial charge in [0.1, 0.15) is 0 Å². The lowest BCUT2D eigenvalue weighted by Crippen LogP contribution is -2.38. The molecule has 8 nitrogen and oxygen atoms in total. The Morgan fingerprint density at radius 1 is 1.24 bits per heavy atom. The van der Waals surface area contributed by atoms with E-state index in [1.807, 2.05) is 6.92 Å². The van der Waals surface area contributed by atoms with Crippen molar-refractivity contribution in [1.82, 2.24) is 0 Å². The maximum atomic E-state index is 11.3. The first-order valence-corrected chi connectivity index (χ1v) is 6.59. The first-order valence-electron chi connectivity index (χ1n) is 6.59. The first-order chi connectivity index (χ1) is 9.95. The van der Waals surface area contributed by atoms with Crippen molar-refractivity contribution in [2.24, 2.45) is 0 Å². The number of rotatable bonds is 3. The molecule has 0 bridgehead atoms. The average Bonchev–Trinajstić information content (AvgIpc) is 2.46. The molecule has 1 heterocycles. The van der Waals surface area contributed by atoms with Crippen LogP contribution < -0.4 is 4.90 Å². The van der Waals surface area contributed by atoms with Crippen LogP contribution in [0.15, 0.2) is 12.1 Å². The number of nitrogens with zero attached hydrogens (tertiary/aromatic N) is 4. The van der Waals surface area contributed by atoms with Crippen molar-refractivity contribution in [2.45, 2.75) is 32.2 Å². The van der Waals surface area contributed by atoms with Gasteiger partial charge in [-0.1, -0.05) is 0 Å². The van der Waals surface area contributed by atoms with Gasteiger partial charge in [0.2, 0.25) is 0 Å². The van der Waals surface area contributed by atoms with Crippen LogP contribution >= 0.6 is 0 Å². The zero-order valence-electron chi connectivity index (χ0n) is 11.5.